The summed E-state index contributed by atoms with van der Waals surface area (Å²) in [6.07, 6.45) is 0. The monoisotopic (exact) mass is 2000 g/mol. The van der Waals surface area contributed by atoms with Crippen molar-refractivity contribution >= 4 is 354 Å². The third-order valence-corrected chi connectivity index (χ3v) is 23.8. The zero-order valence-electron chi connectivity index (χ0n) is 36.5. The minimum absolute atomic E-state index is 0.00673. The van der Waals surface area contributed by atoms with E-state index >= 15 is 0 Å². The summed E-state index contributed by atoms with van der Waals surface area (Å²) >= 11 is 24.3. The maximum absolute atomic E-state index is 14.6. The van der Waals surface area contributed by atoms with E-state index in [1.165, 1.54) is 0 Å². The molecule has 0 spiro atoms. The second-order valence-electron chi connectivity index (χ2n) is 15.7. The van der Waals surface area contributed by atoms with Crippen molar-refractivity contribution in [3.63, 3.8) is 0 Å². The number of nitrogens with zero attached hydrogens (tertiary/aromatic N) is 16. The van der Waals surface area contributed by atoms with E-state index < -0.39 is 88.5 Å². The summed E-state index contributed by atoms with van der Waals surface area (Å²) < 4.78 is 177. The molecule has 0 aliphatic carbocycles. The molecule has 0 fully saturated rings. The van der Waals surface area contributed by atoms with E-state index in [0.29, 0.717) is 66.2 Å². The molecule has 8 heterocycles. The molecule has 0 amide bonds. The maximum Gasteiger partial charge on any atom is 0.153 e. The predicted molar refractivity (Wildman–Crippen MR) is 310 cm³/mol. The summed E-state index contributed by atoms with van der Waals surface area (Å²) in [6, 6.07) is 0. The number of fused-ring (bicyclic) bond motifs is 20. The van der Waals surface area contributed by atoms with Crippen molar-refractivity contribution in [2.45, 2.75) is 0 Å². The molecule has 16 rings (SSSR count). The quantitative estimate of drug-likeness (QED) is 0.101. The van der Waals surface area contributed by atoms with Crippen molar-refractivity contribution in [3.8, 4) is 0 Å². The van der Waals surface area contributed by atoms with Crippen LogP contribution in [0.4, 0.5) is 35.1 Å². The first kappa shape index (κ1) is 56.7. The molecule has 18 nitrogen and oxygen atoms in total. The molecule has 16 aromatic rings. The molecule has 0 N–H and O–H groups in total. The van der Waals surface area contributed by atoms with Crippen molar-refractivity contribution in [1.82, 2.24) is 66.9 Å². The Labute approximate surface area is 540 Å². The molecule has 8 aromatic heterocycles. The normalized spacial score (nSPS) is 12.0. The van der Waals surface area contributed by atoms with Gasteiger partial charge in [-0.2, -0.15) is 17.5 Å². The number of aromatic nitrogens is 16. The van der Waals surface area contributed by atoms with Crippen molar-refractivity contribution in [2.24, 2.45) is 0 Å². The zero-order valence-corrected chi connectivity index (χ0v) is 58.9. The maximum atomic E-state index is 14.6. The van der Waals surface area contributed by atoms with E-state index in [9.17, 15) is 35.1 Å². The summed E-state index contributed by atoms with van der Waals surface area (Å²) in [5.41, 5.74) is 4.76. The smallest absolute Gasteiger partial charge is 0.153 e. The Balaban J connectivity index is 0.000000101. The minimum Gasteiger partial charge on any atom is -0.243 e. The Bertz CT molecular complexity index is 4400. The molecule has 8 aromatic carbocycles. The van der Waals surface area contributed by atoms with Crippen LogP contribution in [-0.2, 0) is 0 Å². The molecule has 80 heavy (non-hydrogen) atoms. The van der Waals surface area contributed by atoms with Crippen molar-refractivity contribution < 1.29 is 44.4 Å². The van der Waals surface area contributed by atoms with Crippen LogP contribution in [0.15, 0.2) is 45.0 Å². The molecule has 0 radical (unpaired) electrons. The van der Waals surface area contributed by atoms with E-state index in [0.717, 1.165) is 23.5 Å². The molecule has 0 saturated heterocycles. The van der Waals surface area contributed by atoms with Crippen LogP contribution < -0.4 is 0 Å². The van der Waals surface area contributed by atoms with E-state index in [1.807, 2.05) is 0 Å². The van der Waals surface area contributed by atoms with Gasteiger partial charge in [0.2, 0.25) is 0 Å². The van der Waals surface area contributed by atoms with Gasteiger partial charge in [0.1, 0.15) is 56.4 Å². The van der Waals surface area contributed by atoms with Gasteiger partial charge in [-0.25, -0.2) is 26.8 Å². The summed E-state index contributed by atoms with van der Waals surface area (Å²) in [5, 5.41) is 14.9. The van der Waals surface area contributed by atoms with Gasteiger partial charge in [-0.15, -0.1) is 0 Å². The van der Waals surface area contributed by atoms with Gasteiger partial charge in [-0.05, 0) is 84.3 Å². The van der Waals surface area contributed by atoms with E-state index in [4.69, 9.17) is 0 Å². The van der Waals surface area contributed by atoms with Crippen LogP contribution in [0.25, 0.3) is 131 Å². The van der Waals surface area contributed by atoms with Crippen LogP contribution in [0, 0.1) is 46.5 Å². The number of hydrogen-bond acceptors (Lipinski definition) is 20. The molecular formula is C40Br8F8N16O2S2Se2Te2. The average molecular weight is 2010 g/mol. The molecule has 0 aliphatic heterocycles. The first-order chi connectivity index (χ1) is 38.4. The average Bonchev–Trinajstić information content (AvgIpc) is 4.46. The number of rotatable bonds is 0. The van der Waals surface area contributed by atoms with Crippen molar-refractivity contribution in [1.29, 1.82) is 0 Å². The van der Waals surface area contributed by atoms with Crippen molar-refractivity contribution in [3.05, 3.63) is 82.3 Å². The van der Waals surface area contributed by atoms with Gasteiger partial charge in [-0.1, -0.05) is 0 Å². The molecular weight excluding hydrogens is 2010 g/mol. The summed E-state index contributed by atoms with van der Waals surface area (Å²) in [4.78, 5) is 0. The molecule has 0 atom stereocenters. The van der Waals surface area contributed by atoms with Gasteiger partial charge in [-0.3, -0.25) is 0 Å². The van der Waals surface area contributed by atoms with Gasteiger partial charge in [0.25, 0.3) is 0 Å². The largest absolute Gasteiger partial charge is 0.243 e. The molecule has 0 aliphatic rings. The first-order valence-electron chi connectivity index (χ1n) is 20.5. The van der Waals surface area contributed by atoms with Crippen LogP contribution in [0.5, 0.6) is 0 Å². The Morgan fingerprint density at radius 1 is 0.275 bits per heavy atom. The molecule has 40 heteroatoms. The van der Waals surface area contributed by atoms with Crippen LogP contribution in [0.3, 0.4) is 0 Å². The molecule has 0 bridgehead atoms. The Morgan fingerprint density at radius 3 is 0.875 bits per heavy atom. The van der Waals surface area contributed by atoms with Gasteiger partial charge < -0.3 is 0 Å². The predicted octanol–water partition coefficient (Wildman–Crippen LogP) is 13.7. The molecule has 0 unspecified atom stereocenters. The van der Waals surface area contributed by atoms with Crippen LogP contribution in [0.1, 0.15) is 0 Å². The number of hydrogen-bond donors (Lipinski definition) is 0. The first-order valence-corrected chi connectivity index (χ1v) is 35.6. The Morgan fingerprint density at radius 2 is 0.512 bits per heavy atom. The fraction of sp³-hybridized carbons (Fsp3) is 0. The number of halogens is 16. The van der Waals surface area contributed by atoms with Gasteiger partial charge >= 0.3 is 289 Å². The van der Waals surface area contributed by atoms with Gasteiger partial charge in [0, 0.05) is 0 Å². The van der Waals surface area contributed by atoms with Crippen LogP contribution >= 0.6 is 151 Å². The summed E-state index contributed by atoms with van der Waals surface area (Å²) in [7, 11) is 0. The third-order valence-electron chi connectivity index (χ3n) is 11.8. The second-order valence-corrected chi connectivity index (χ2v) is 28.4. The fourth-order valence-corrected chi connectivity index (χ4v) is 20.3. The summed E-state index contributed by atoms with van der Waals surface area (Å²) in [5.74, 6) is -4.89. The minimum atomic E-state index is -0.973. The zero-order chi connectivity index (χ0) is 56.1. The third kappa shape index (κ3) is 8.55. The van der Waals surface area contributed by atoms with E-state index in [2.05, 4.69) is 204 Å². The fourth-order valence-electron chi connectivity index (χ4n) is 8.34. The topological polar surface area (TPSA) is 233 Å². The SMILES string of the molecule is Fc1c(Br)c2n[se]nc2c2c(F)c(Br)c3n[se]nc3c12.Fc1c(Br)c2n[te]nc2c2c(F)c(Br)c3n[te]nc3c12.Fc1c(Br)c2nonc2c2c(F)c(Br)c3nonc3c12.Fc1c(Br)c2nsnc2c2c(F)c(Br)c3nsnc3c12. The van der Waals surface area contributed by atoms with Gasteiger partial charge in [0.15, 0.2) is 11.0 Å². The summed E-state index contributed by atoms with van der Waals surface area (Å²) in [6.45, 7) is 0. The Kier molecular flexibility index (Phi) is 15.4. The van der Waals surface area contributed by atoms with Gasteiger partial charge in [0.05, 0.1) is 62.9 Å². The van der Waals surface area contributed by atoms with E-state index in [1.54, 1.807) is 0 Å². The standard InChI is InChI=1S/C10Br2F2N4O2.C10Br2F2N4S2.C10Br2F2N4Se2.C10Br2F2N4Te2/c4*11-3-5(13)1-2(8-10(3)18-20-16-8)6(14)4(12)9-7(1)15-19-17-9. The van der Waals surface area contributed by atoms with E-state index in [-0.39, 0.29) is 131 Å². The second kappa shape index (κ2) is 21.8. The van der Waals surface area contributed by atoms with Crippen LogP contribution in [0.2, 0.25) is 0 Å². The molecule has 400 valence electrons. The van der Waals surface area contributed by atoms with Crippen molar-refractivity contribution in [2.75, 3.05) is 0 Å². The Hall–Kier alpha value is -2.46. The molecule has 0 saturated carbocycles. The van der Waals surface area contributed by atoms with Crippen LogP contribution in [-0.4, -0.2) is 139 Å². The number of benzene rings is 8.